The zero-order chi connectivity index (χ0) is 26.1. The monoisotopic (exact) mass is 521 g/mol. The van der Waals surface area contributed by atoms with Crippen molar-refractivity contribution in [1.29, 1.82) is 0 Å². The molecular weight excluding hydrogens is 494 g/mol. The van der Waals surface area contributed by atoms with Crippen LogP contribution in [0.3, 0.4) is 0 Å². The van der Waals surface area contributed by atoms with Gasteiger partial charge in [0, 0.05) is 26.7 Å². The van der Waals surface area contributed by atoms with E-state index in [1.54, 1.807) is 25.3 Å². The number of likely N-dealkylation sites (tertiary alicyclic amines) is 1. The van der Waals surface area contributed by atoms with Crippen molar-refractivity contribution in [1.82, 2.24) is 29.0 Å². The van der Waals surface area contributed by atoms with E-state index >= 15 is 4.39 Å². The van der Waals surface area contributed by atoms with Crippen molar-refractivity contribution in [2.75, 3.05) is 45.8 Å². The van der Waals surface area contributed by atoms with Crippen LogP contribution in [-0.4, -0.2) is 88.1 Å². The summed E-state index contributed by atoms with van der Waals surface area (Å²) in [6, 6.07) is 4.37. The number of nitrogens with zero attached hydrogens (tertiary/aromatic N) is 6. The molecule has 13 heteroatoms. The lowest BCUT2D eigenvalue weighted by molar-refractivity contribution is 0.0918. The van der Waals surface area contributed by atoms with Gasteiger partial charge in [0.05, 0.1) is 55.4 Å². The molecule has 4 heterocycles. The molecule has 9 nitrogen and oxygen atoms in total. The molecule has 0 saturated carbocycles. The number of anilines is 1. The summed E-state index contributed by atoms with van der Waals surface area (Å²) in [5, 5.41) is 7.38. The number of methoxy groups -OCH3 is 2. The topological polar surface area (TPSA) is 81.7 Å². The predicted molar refractivity (Wildman–Crippen MR) is 129 cm³/mol. The second kappa shape index (κ2) is 10.5. The Morgan fingerprint density at radius 2 is 2.08 bits per heavy atom. The lowest BCUT2D eigenvalue weighted by Gasteiger charge is -2.34. The van der Waals surface area contributed by atoms with Crippen LogP contribution in [0.15, 0.2) is 30.7 Å². The second-order valence-corrected chi connectivity index (χ2v) is 8.93. The van der Waals surface area contributed by atoms with Gasteiger partial charge in [0.2, 0.25) is 11.8 Å². The Kier molecular flexibility index (Phi) is 7.15. The summed E-state index contributed by atoms with van der Waals surface area (Å²) in [7, 11) is 3.01. The standard InChI is InChI=1S/C24H27F4N7O2/c1-36-8-7-33-6-5-17(15(25)10-33)30-24-31-23(37-2)22-21(16(26)11-35(22)32-24)14-3-4-18-19(9-14)34(13-29-18)12-20(27)28/h3-4,9,11,13,15,17,20H,5-8,10,12H2,1-2H3,(H,30,32)/t15-,17-/m1/s1. The van der Waals surface area contributed by atoms with Gasteiger partial charge in [-0.3, -0.25) is 4.90 Å². The lowest BCUT2D eigenvalue weighted by atomic mass is 10.0. The summed E-state index contributed by atoms with van der Waals surface area (Å²) in [6.07, 6.45) is -0.671. The second-order valence-electron chi connectivity index (χ2n) is 8.93. The number of aromatic nitrogens is 5. The number of ether oxygens (including phenoxy) is 2. The highest BCUT2D eigenvalue weighted by atomic mass is 19.3. The van der Waals surface area contributed by atoms with Gasteiger partial charge in [0.15, 0.2) is 5.82 Å². The van der Waals surface area contributed by atoms with E-state index in [-0.39, 0.29) is 29.5 Å². The first-order valence-corrected chi connectivity index (χ1v) is 11.9. The minimum Gasteiger partial charge on any atom is -0.479 e. The van der Waals surface area contributed by atoms with Gasteiger partial charge in [-0.05, 0) is 24.1 Å². The number of nitrogens with one attached hydrogen (secondary N) is 1. The quantitative estimate of drug-likeness (QED) is 0.337. The maximum Gasteiger partial charge on any atom is 0.256 e. The third kappa shape index (κ3) is 5.05. The molecule has 2 atom stereocenters. The zero-order valence-corrected chi connectivity index (χ0v) is 20.4. The molecule has 0 unspecified atom stereocenters. The van der Waals surface area contributed by atoms with E-state index in [9.17, 15) is 13.2 Å². The molecular formula is C24H27F4N7O2. The molecule has 0 radical (unpaired) electrons. The number of benzene rings is 1. The number of piperidine rings is 1. The van der Waals surface area contributed by atoms with Crippen LogP contribution in [0.5, 0.6) is 5.88 Å². The number of alkyl halides is 3. The van der Waals surface area contributed by atoms with Crippen molar-refractivity contribution in [3.05, 3.63) is 36.5 Å². The molecule has 5 rings (SSSR count). The maximum atomic E-state index is 15.3. The Hall–Kier alpha value is -3.45. The molecule has 0 aliphatic carbocycles. The SMILES string of the molecule is COCCN1CC[C@@H](Nc2nc(OC)c3c(-c4ccc5ncn(CC(F)F)c5c4)c(F)cn3n2)[C@H](F)C1. The first-order chi connectivity index (χ1) is 17.9. The van der Waals surface area contributed by atoms with Gasteiger partial charge in [-0.2, -0.15) is 4.98 Å². The number of hydrogen-bond donors (Lipinski definition) is 1. The summed E-state index contributed by atoms with van der Waals surface area (Å²) in [4.78, 5) is 10.5. The zero-order valence-electron chi connectivity index (χ0n) is 20.4. The molecule has 0 spiro atoms. The molecule has 1 saturated heterocycles. The van der Waals surface area contributed by atoms with E-state index in [0.717, 1.165) is 0 Å². The molecule has 1 fully saturated rings. The Labute approximate surface area is 210 Å². The van der Waals surface area contributed by atoms with Crippen LogP contribution in [0.25, 0.3) is 27.7 Å². The minimum absolute atomic E-state index is 0.0884. The Morgan fingerprint density at radius 3 is 2.81 bits per heavy atom. The number of hydrogen-bond acceptors (Lipinski definition) is 7. The summed E-state index contributed by atoms with van der Waals surface area (Å²) in [5.74, 6) is -0.404. The van der Waals surface area contributed by atoms with Crippen LogP contribution in [0, 0.1) is 5.82 Å². The molecule has 1 aromatic carbocycles. The number of fused-ring (bicyclic) bond motifs is 2. The van der Waals surface area contributed by atoms with E-state index in [4.69, 9.17) is 9.47 Å². The summed E-state index contributed by atoms with van der Waals surface area (Å²) in [6.45, 7) is 1.60. The number of rotatable bonds is 9. The Morgan fingerprint density at radius 1 is 1.24 bits per heavy atom. The van der Waals surface area contributed by atoms with Crippen molar-refractivity contribution in [3.63, 3.8) is 0 Å². The van der Waals surface area contributed by atoms with Crippen molar-refractivity contribution in [2.45, 2.75) is 31.6 Å². The molecule has 198 valence electrons. The number of halogens is 4. The first-order valence-electron chi connectivity index (χ1n) is 11.9. The molecule has 0 bridgehead atoms. The summed E-state index contributed by atoms with van der Waals surface area (Å²) >= 11 is 0. The molecule has 1 aliphatic heterocycles. The van der Waals surface area contributed by atoms with Gasteiger partial charge >= 0.3 is 0 Å². The molecule has 37 heavy (non-hydrogen) atoms. The van der Waals surface area contributed by atoms with E-state index < -0.39 is 31.0 Å². The highest BCUT2D eigenvalue weighted by Crippen LogP contribution is 2.35. The third-order valence-electron chi connectivity index (χ3n) is 6.54. The van der Waals surface area contributed by atoms with Crippen LogP contribution >= 0.6 is 0 Å². The van der Waals surface area contributed by atoms with E-state index in [0.29, 0.717) is 42.7 Å². The minimum atomic E-state index is -2.56. The van der Waals surface area contributed by atoms with Crippen LogP contribution in [0.1, 0.15) is 6.42 Å². The van der Waals surface area contributed by atoms with Gasteiger partial charge in [-0.15, -0.1) is 5.10 Å². The van der Waals surface area contributed by atoms with E-state index in [2.05, 4.69) is 20.4 Å². The highest BCUT2D eigenvalue weighted by molar-refractivity contribution is 5.90. The molecule has 1 N–H and O–H groups in total. The van der Waals surface area contributed by atoms with Crippen molar-refractivity contribution in [2.24, 2.45) is 0 Å². The van der Waals surface area contributed by atoms with Gasteiger partial charge in [0.25, 0.3) is 6.43 Å². The van der Waals surface area contributed by atoms with Crippen molar-refractivity contribution in [3.8, 4) is 17.0 Å². The normalized spacial score (nSPS) is 18.8. The van der Waals surface area contributed by atoms with Crippen LogP contribution in [-0.2, 0) is 11.3 Å². The average molecular weight is 522 g/mol. The van der Waals surface area contributed by atoms with Crippen LogP contribution < -0.4 is 10.1 Å². The van der Waals surface area contributed by atoms with Gasteiger partial charge in [-0.1, -0.05) is 6.07 Å². The van der Waals surface area contributed by atoms with Crippen molar-refractivity contribution < 1.29 is 27.0 Å². The summed E-state index contributed by atoms with van der Waals surface area (Å²) in [5.41, 5.74) is 1.80. The first kappa shape index (κ1) is 25.2. The number of imidazole rings is 1. The fourth-order valence-electron chi connectivity index (χ4n) is 4.73. The van der Waals surface area contributed by atoms with Gasteiger partial charge < -0.3 is 19.4 Å². The fraction of sp³-hybridized carbons (Fsp3) is 0.458. The smallest absolute Gasteiger partial charge is 0.256 e. The lowest BCUT2D eigenvalue weighted by Crippen LogP contribution is -2.48. The predicted octanol–water partition coefficient (Wildman–Crippen LogP) is 3.63. The Bertz CT molecular complexity index is 1390. The molecule has 3 aromatic heterocycles. The molecule has 1 aliphatic rings. The largest absolute Gasteiger partial charge is 0.479 e. The van der Waals surface area contributed by atoms with E-state index in [1.165, 1.54) is 28.7 Å². The maximum absolute atomic E-state index is 15.3. The average Bonchev–Trinajstić information content (AvgIpc) is 3.42. The van der Waals surface area contributed by atoms with Crippen molar-refractivity contribution >= 4 is 22.5 Å². The van der Waals surface area contributed by atoms with Gasteiger partial charge in [-0.25, -0.2) is 27.1 Å². The highest BCUT2D eigenvalue weighted by Gasteiger charge is 2.30. The van der Waals surface area contributed by atoms with Gasteiger partial charge in [0.1, 0.15) is 11.7 Å². The Balaban J connectivity index is 1.46. The molecule has 0 amide bonds. The molecule has 4 aromatic rings. The third-order valence-corrected chi connectivity index (χ3v) is 6.54. The summed E-state index contributed by atoms with van der Waals surface area (Å²) < 4.78 is 69.2. The fourth-order valence-corrected chi connectivity index (χ4v) is 4.73. The van der Waals surface area contributed by atoms with E-state index in [1.807, 2.05) is 4.90 Å². The van der Waals surface area contributed by atoms with Crippen LogP contribution in [0.2, 0.25) is 0 Å². The van der Waals surface area contributed by atoms with Crippen LogP contribution in [0.4, 0.5) is 23.5 Å².